The van der Waals surface area contributed by atoms with Crippen molar-refractivity contribution < 1.29 is 13.2 Å². The lowest BCUT2D eigenvalue weighted by molar-refractivity contribution is 0.0945. The number of hydrogen-bond acceptors (Lipinski definition) is 7. The second-order valence-corrected chi connectivity index (χ2v) is 8.38. The predicted molar refractivity (Wildman–Crippen MR) is 97.5 cm³/mol. The number of sulfone groups is 1. The topological polar surface area (TPSA) is 105 Å². The Morgan fingerprint density at radius 3 is 2.88 bits per heavy atom. The van der Waals surface area contributed by atoms with Crippen LogP contribution in [0, 0.1) is 0 Å². The van der Waals surface area contributed by atoms with Crippen molar-refractivity contribution in [2.75, 3.05) is 23.0 Å². The van der Waals surface area contributed by atoms with Crippen LogP contribution >= 0.6 is 0 Å². The van der Waals surface area contributed by atoms with Crippen LogP contribution in [0.2, 0.25) is 0 Å². The third kappa shape index (κ3) is 4.34. The molecular weight excluding hydrogens is 354 g/mol. The zero-order valence-corrected chi connectivity index (χ0v) is 15.3. The Balaban J connectivity index is 1.71. The quantitative estimate of drug-likeness (QED) is 0.797. The first-order valence-corrected chi connectivity index (χ1v) is 10.3. The van der Waals surface area contributed by atoms with Crippen LogP contribution in [-0.4, -0.2) is 53.4 Å². The molecule has 0 spiro atoms. The van der Waals surface area contributed by atoms with E-state index in [0.29, 0.717) is 25.3 Å². The van der Waals surface area contributed by atoms with Gasteiger partial charge in [0.05, 0.1) is 11.5 Å². The van der Waals surface area contributed by atoms with Crippen molar-refractivity contribution in [2.45, 2.75) is 25.9 Å². The van der Waals surface area contributed by atoms with Crippen LogP contribution in [-0.2, 0) is 16.4 Å². The number of amides is 1. The minimum absolute atomic E-state index is 0.118. The summed E-state index contributed by atoms with van der Waals surface area (Å²) in [7, 11) is -2.99. The zero-order valence-electron chi connectivity index (χ0n) is 14.5. The monoisotopic (exact) mass is 375 g/mol. The molecule has 3 rings (SSSR count). The fourth-order valence-corrected chi connectivity index (χ4v) is 4.76. The molecule has 1 amide bonds. The summed E-state index contributed by atoms with van der Waals surface area (Å²) in [5.41, 5.74) is 1.14. The smallest absolute Gasteiger partial charge is 0.270 e. The molecule has 0 aromatic carbocycles. The van der Waals surface area contributed by atoms with Crippen LogP contribution in [0.25, 0.3) is 0 Å². The van der Waals surface area contributed by atoms with Gasteiger partial charge in [0.1, 0.15) is 17.8 Å². The van der Waals surface area contributed by atoms with Gasteiger partial charge in [0.25, 0.3) is 5.91 Å². The maximum Gasteiger partial charge on any atom is 0.270 e. The van der Waals surface area contributed by atoms with Crippen molar-refractivity contribution in [1.29, 1.82) is 0 Å². The summed E-state index contributed by atoms with van der Waals surface area (Å²) in [6.07, 6.45) is 5.26. The summed E-state index contributed by atoms with van der Waals surface area (Å²) >= 11 is 0. The Kier molecular flexibility index (Phi) is 5.46. The first kappa shape index (κ1) is 18.2. The highest BCUT2D eigenvalue weighted by Crippen LogP contribution is 2.22. The van der Waals surface area contributed by atoms with E-state index in [-0.39, 0.29) is 29.1 Å². The van der Waals surface area contributed by atoms with Crippen molar-refractivity contribution in [3.05, 3.63) is 48.2 Å². The van der Waals surface area contributed by atoms with Crippen molar-refractivity contribution >= 4 is 21.6 Å². The summed E-state index contributed by atoms with van der Waals surface area (Å²) in [6.45, 7) is 2.90. The van der Waals surface area contributed by atoms with E-state index in [4.69, 9.17) is 0 Å². The fraction of sp³-hybridized carbons (Fsp3) is 0.412. The number of hydrogen-bond donors (Lipinski definition) is 1. The predicted octanol–water partition coefficient (Wildman–Crippen LogP) is 0.815. The average molecular weight is 375 g/mol. The number of rotatable bonds is 6. The minimum Gasteiger partial charge on any atom is -0.353 e. The largest absolute Gasteiger partial charge is 0.353 e. The van der Waals surface area contributed by atoms with Crippen LogP contribution in [0.4, 0.5) is 5.82 Å². The standard InChI is InChI=1S/C17H21N5O3S/c1-2-22(14-5-7-26(24,25)11-14)16-8-15(20-12-21-16)17(23)19-10-13-4-3-6-18-9-13/h3-4,6,8-9,12,14H,2,5,7,10-11H2,1H3,(H,19,23). The van der Waals surface area contributed by atoms with Crippen LogP contribution in [0.15, 0.2) is 36.9 Å². The van der Waals surface area contributed by atoms with E-state index < -0.39 is 9.84 Å². The van der Waals surface area contributed by atoms with Crippen molar-refractivity contribution in [1.82, 2.24) is 20.3 Å². The van der Waals surface area contributed by atoms with E-state index in [1.807, 2.05) is 17.9 Å². The third-order valence-corrected chi connectivity index (χ3v) is 6.10. The van der Waals surface area contributed by atoms with E-state index >= 15 is 0 Å². The normalized spacial score (nSPS) is 18.4. The van der Waals surface area contributed by atoms with E-state index in [1.54, 1.807) is 24.5 Å². The molecule has 1 aliphatic rings. The molecule has 0 radical (unpaired) electrons. The molecule has 8 nitrogen and oxygen atoms in total. The minimum atomic E-state index is -2.99. The van der Waals surface area contributed by atoms with Gasteiger partial charge in [-0.1, -0.05) is 6.07 Å². The summed E-state index contributed by atoms with van der Waals surface area (Å²) in [5.74, 6) is 0.564. The van der Waals surface area contributed by atoms with Crippen molar-refractivity contribution in [3.63, 3.8) is 0 Å². The second kappa shape index (κ2) is 7.77. The third-order valence-electron chi connectivity index (χ3n) is 4.35. The maximum absolute atomic E-state index is 12.4. The molecule has 0 saturated carbocycles. The number of nitrogens with one attached hydrogen (secondary N) is 1. The van der Waals surface area contributed by atoms with E-state index in [2.05, 4.69) is 20.3 Å². The van der Waals surface area contributed by atoms with Gasteiger partial charge in [-0.25, -0.2) is 18.4 Å². The van der Waals surface area contributed by atoms with Crippen LogP contribution in [0.1, 0.15) is 29.4 Å². The van der Waals surface area contributed by atoms with E-state index in [0.717, 1.165) is 5.56 Å². The molecule has 9 heteroatoms. The molecule has 26 heavy (non-hydrogen) atoms. The molecule has 1 saturated heterocycles. The molecule has 1 N–H and O–H groups in total. The van der Waals surface area contributed by atoms with Gasteiger partial charge in [0.15, 0.2) is 9.84 Å². The van der Waals surface area contributed by atoms with Crippen molar-refractivity contribution in [2.24, 2.45) is 0 Å². The van der Waals surface area contributed by atoms with Gasteiger partial charge in [-0.05, 0) is 25.0 Å². The molecule has 0 aliphatic carbocycles. The van der Waals surface area contributed by atoms with Crippen molar-refractivity contribution in [3.8, 4) is 0 Å². The summed E-state index contributed by atoms with van der Waals surface area (Å²) < 4.78 is 23.5. The summed E-state index contributed by atoms with van der Waals surface area (Å²) in [4.78, 5) is 26.6. The lowest BCUT2D eigenvalue weighted by Crippen LogP contribution is -2.37. The number of anilines is 1. The summed E-state index contributed by atoms with van der Waals surface area (Å²) in [6, 6.07) is 5.16. The molecule has 1 atom stereocenters. The molecule has 1 aliphatic heterocycles. The highest BCUT2D eigenvalue weighted by atomic mass is 32.2. The Bertz CT molecular complexity index is 873. The van der Waals surface area contributed by atoms with Gasteiger partial charge >= 0.3 is 0 Å². The Morgan fingerprint density at radius 2 is 2.23 bits per heavy atom. The lowest BCUT2D eigenvalue weighted by atomic mass is 10.2. The number of pyridine rings is 1. The molecule has 1 fully saturated rings. The average Bonchev–Trinajstić information content (AvgIpc) is 3.01. The van der Waals surface area contributed by atoms with Crippen LogP contribution in [0.3, 0.4) is 0 Å². The fourth-order valence-electron chi connectivity index (χ4n) is 3.03. The molecule has 0 bridgehead atoms. The molecule has 2 aromatic heterocycles. The van der Waals surface area contributed by atoms with E-state index in [1.165, 1.54) is 6.33 Å². The first-order valence-electron chi connectivity index (χ1n) is 8.44. The number of aromatic nitrogens is 3. The second-order valence-electron chi connectivity index (χ2n) is 6.15. The molecule has 138 valence electrons. The highest BCUT2D eigenvalue weighted by Gasteiger charge is 2.32. The SMILES string of the molecule is CCN(c1cc(C(=O)NCc2cccnc2)ncn1)C1CCS(=O)(=O)C1. The zero-order chi connectivity index (χ0) is 18.6. The molecule has 2 aromatic rings. The first-order chi connectivity index (χ1) is 12.5. The van der Waals surface area contributed by atoms with E-state index in [9.17, 15) is 13.2 Å². The number of carbonyl (C=O) groups excluding carboxylic acids is 1. The maximum atomic E-state index is 12.4. The van der Waals surface area contributed by atoms with Gasteiger partial charge in [-0.3, -0.25) is 9.78 Å². The highest BCUT2D eigenvalue weighted by molar-refractivity contribution is 7.91. The van der Waals surface area contributed by atoms with Crippen LogP contribution < -0.4 is 10.2 Å². The van der Waals surface area contributed by atoms with Gasteiger partial charge in [0.2, 0.25) is 0 Å². The Labute approximate surface area is 152 Å². The van der Waals surface area contributed by atoms with Crippen LogP contribution in [0.5, 0.6) is 0 Å². The lowest BCUT2D eigenvalue weighted by Gasteiger charge is -2.27. The molecule has 1 unspecified atom stereocenters. The summed E-state index contributed by atoms with van der Waals surface area (Å²) in [5, 5.41) is 2.80. The number of nitrogens with zero attached hydrogens (tertiary/aromatic N) is 4. The van der Waals surface area contributed by atoms with Gasteiger partial charge in [-0.2, -0.15) is 0 Å². The molecule has 3 heterocycles. The molecular formula is C17H21N5O3S. The number of carbonyl (C=O) groups is 1. The van der Waals surface area contributed by atoms with Gasteiger partial charge in [0, 0.05) is 37.6 Å². The Hall–Kier alpha value is -2.55. The van der Waals surface area contributed by atoms with Gasteiger partial charge in [-0.15, -0.1) is 0 Å². The van der Waals surface area contributed by atoms with Gasteiger partial charge < -0.3 is 10.2 Å². The Morgan fingerprint density at radius 1 is 1.38 bits per heavy atom.